The van der Waals surface area contributed by atoms with Gasteiger partial charge in [0.05, 0.1) is 18.0 Å². The zero-order chi connectivity index (χ0) is 17.6. The molecule has 1 atom stereocenters. The minimum Gasteiger partial charge on any atom is -0.494 e. The number of ether oxygens (including phenoxy) is 1. The fraction of sp³-hybridized carbons (Fsp3) is 0.200. The van der Waals surface area contributed by atoms with Crippen LogP contribution in [0.15, 0.2) is 70.9 Å². The molecule has 0 amide bonds. The third kappa shape index (κ3) is 3.84. The molecule has 0 aliphatic rings. The minimum absolute atomic E-state index is 0.222. The van der Waals surface area contributed by atoms with Crippen LogP contribution in [0.1, 0.15) is 18.5 Å². The number of benzene rings is 3. The Morgan fingerprint density at radius 2 is 1.76 bits per heavy atom. The summed E-state index contributed by atoms with van der Waals surface area (Å²) >= 11 is 0. The summed E-state index contributed by atoms with van der Waals surface area (Å²) < 4.78 is 5.63. The second-order valence-electron chi connectivity index (χ2n) is 5.69. The molecule has 0 saturated carbocycles. The Kier molecular flexibility index (Phi) is 5.38. The molecule has 3 rings (SSSR count). The molecule has 0 bridgehead atoms. The fourth-order valence-electron chi connectivity index (χ4n) is 2.74. The summed E-state index contributed by atoms with van der Waals surface area (Å²) in [5, 5.41) is 10.7. The SMILES string of the molecule is CCOc1ccc2c(C(N)CN)ccc(N=Nc3ccccc3)c2c1. The van der Waals surface area contributed by atoms with E-state index in [4.69, 9.17) is 16.2 Å². The Morgan fingerprint density at radius 1 is 0.960 bits per heavy atom. The number of hydrogen-bond acceptors (Lipinski definition) is 5. The van der Waals surface area contributed by atoms with Crippen molar-refractivity contribution in [3.05, 3.63) is 66.2 Å². The first-order valence-corrected chi connectivity index (χ1v) is 8.35. The van der Waals surface area contributed by atoms with Crippen molar-refractivity contribution < 1.29 is 4.74 Å². The third-order valence-electron chi connectivity index (χ3n) is 3.99. The maximum atomic E-state index is 6.16. The highest BCUT2D eigenvalue weighted by molar-refractivity contribution is 5.96. The van der Waals surface area contributed by atoms with E-state index in [-0.39, 0.29) is 6.04 Å². The van der Waals surface area contributed by atoms with Crippen LogP contribution in [0, 0.1) is 0 Å². The molecule has 128 valence electrons. The molecule has 4 N–H and O–H groups in total. The average molecular weight is 334 g/mol. The van der Waals surface area contributed by atoms with Gasteiger partial charge in [-0.05, 0) is 48.2 Å². The van der Waals surface area contributed by atoms with Gasteiger partial charge in [-0.25, -0.2) is 0 Å². The van der Waals surface area contributed by atoms with Crippen molar-refractivity contribution in [2.45, 2.75) is 13.0 Å². The molecule has 0 aliphatic carbocycles. The second-order valence-corrected chi connectivity index (χ2v) is 5.69. The Balaban J connectivity index is 2.10. The van der Waals surface area contributed by atoms with Crippen LogP contribution in [0.4, 0.5) is 11.4 Å². The van der Waals surface area contributed by atoms with Gasteiger partial charge in [-0.15, -0.1) is 5.11 Å². The molecule has 0 saturated heterocycles. The highest BCUT2D eigenvalue weighted by Gasteiger charge is 2.12. The number of nitrogens with two attached hydrogens (primary N) is 2. The van der Waals surface area contributed by atoms with Gasteiger partial charge in [-0.1, -0.05) is 30.3 Å². The first-order valence-electron chi connectivity index (χ1n) is 8.35. The van der Waals surface area contributed by atoms with E-state index in [9.17, 15) is 0 Å². The lowest BCUT2D eigenvalue weighted by atomic mass is 9.98. The van der Waals surface area contributed by atoms with E-state index >= 15 is 0 Å². The van der Waals surface area contributed by atoms with E-state index in [0.29, 0.717) is 13.2 Å². The van der Waals surface area contributed by atoms with Gasteiger partial charge in [0.15, 0.2) is 0 Å². The van der Waals surface area contributed by atoms with Crippen LogP contribution < -0.4 is 16.2 Å². The van der Waals surface area contributed by atoms with Gasteiger partial charge in [-0.3, -0.25) is 0 Å². The predicted molar refractivity (Wildman–Crippen MR) is 102 cm³/mol. The largest absolute Gasteiger partial charge is 0.494 e. The Morgan fingerprint density at radius 3 is 2.48 bits per heavy atom. The average Bonchev–Trinajstić information content (AvgIpc) is 2.66. The molecule has 25 heavy (non-hydrogen) atoms. The van der Waals surface area contributed by atoms with Gasteiger partial charge < -0.3 is 16.2 Å². The first-order chi connectivity index (χ1) is 12.2. The lowest BCUT2D eigenvalue weighted by molar-refractivity contribution is 0.341. The number of hydrogen-bond donors (Lipinski definition) is 2. The van der Waals surface area contributed by atoms with Gasteiger partial charge >= 0.3 is 0 Å². The summed E-state index contributed by atoms with van der Waals surface area (Å²) in [7, 11) is 0. The van der Waals surface area contributed by atoms with Crippen LogP contribution >= 0.6 is 0 Å². The summed E-state index contributed by atoms with van der Waals surface area (Å²) in [5.74, 6) is 0.796. The first kappa shape index (κ1) is 17.1. The third-order valence-corrected chi connectivity index (χ3v) is 3.99. The summed E-state index contributed by atoms with van der Waals surface area (Å²) in [6.45, 7) is 2.95. The maximum Gasteiger partial charge on any atom is 0.119 e. The van der Waals surface area contributed by atoms with Crippen LogP contribution in [0.25, 0.3) is 10.8 Å². The molecule has 0 fully saturated rings. The maximum absolute atomic E-state index is 6.16. The number of fused-ring (bicyclic) bond motifs is 1. The standard InChI is InChI=1S/C20H22N4O/c1-2-25-15-8-9-16-17(19(22)13-21)10-11-20(18(16)12-15)24-23-14-6-4-3-5-7-14/h3-12,19H,2,13,21-22H2,1H3. The highest BCUT2D eigenvalue weighted by Crippen LogP contribution is 2.34. The van der Waals surface area contributed by atoms with E-state index < -0.39 is 0 Å². The second kappa shape index (κ2) is 7.88. The van der Waals surface area contributed by atoms with E-state index in [1.54, 1.807) is 0 Å². The summed E-state index contributed by atoms with van der Waals surface area (Å²) in [4.78, 5) is 0. The minimum atomic E-state index is -0.222. The van der Waals surface area contributed by atoms with E-state index in [0.717, 1.165) is 33.5 Å². The molecule has 0 aromatic heterocycles. The molecular weight excluding hydrogens is 312 g/mol. The lowest BCUT2D eigenvalue weighted by Gasteiger charge is -2.15. The van der Waals surface area contributed by atoms with Gasteiger partial charge in [0.2, 0.25) is 0 Å². The molecule has 0 aliphatic heterocycles. The molecule has 0 heterocycles. The highest BCUT2D eigenvalue weighted by atomic mass is 16.5. The van der Waals surface area contributed by atoms with Crippen molar-refractivity contribution in [3.63, 3.8) is 0 Å². The topological polar surface area (TPSA) is 86.0 Å². The number of azo groups is 1. The Bertz CT molecular complexity index is 878. The van der Waals surface area contributed by atoms with Crippen LogP contribution in [0.5, 0.6) is 5.75 Å². The molecule has 3 aromatic rings. The fourth-order valence-corrected chi connectivity index (χ4v) is 2.74. The lowest BCUT2D eigenvalue weighted by Crippen LogP contribution is -2.20. The zero-order valence-corrected chi connectivity index (χ0v) is 14.2. The number of nitrogens with zero attached hydrogens (tertiary/aromatic N) is 2. The van der Waals surface area contributed by atoms with Crippen LogP contribution in [-0.4, -0.2) is 13.2 Å². The Labute approximate surface area is 147 Å². The van der Waals surface area contributed by atoms with E-state index in [1.165, 1.54) is 0 Å². The van der Waals surface area contributed by atoms with Gasteiger partial charge in [-0.2, -0.15) is 5.11 Å². The van der Waals surface area contributed by atoms with Crippen LogP contribution in [-0.2, 0) is 0 Å². The summed E-state index contributed by atoms with van der Waals surface area (Å²) in [5.41, 5.74) is 14.5. The molecule has 5 nitrogen and oxygen atoms in total. The van der Waals surface area contributed by atoms with Crippen molar-refractivity contribution in [2.24, 2.45) is 21.7 Å². The molecule has 0 spiro atoms. The van der Waals surface area contributed by atoms with Gasteiger partial charge in [0.25, 0.3) is 0 Å². The van der Waals surface area contributed by atoms with Crippen molar-refractivity contribution in [1.82, 2.24) is 0 Å². The summed E-state index contributed by atoms with van der Waals surface area (Å²) in [6, 6.07) is 19.2. The molecular formula is C20H22N4O. The van der Waals surface area contributed by atoms with Crippen molar-refractivity contribution >= 4 is 22.1 Å². The van der Waals surface area contributed by atoms with Crippen LogP contribution in [0.3, 0.4) is 0 Å². The molecule has 5 heteroatoms. The summed E-state index contributed by atoms with van der Waals surface area (Å²) in [6.07, 6.45) is 0. The van der Waals surface area contributed by atoms with Crippen molar-refractivity contribution in [3.8, 4) is 5.75 Å². The molecule has 3 aromatic carbocycles. The van der Waals surface area contributed by atoms with Crippen molar-refractivity contribution in [2.75, 3.05) is 13.2 Å². The normalized spacial score (nSPS) is 12.6. The monoisotopic (exact) mass is 334 g/mol. The quantitative estimate of drug-likeness (QED) is 0.645. The molecule has 1 unspecified atom stereocenters. The Hall–Kier alpha value is -2.76. The number of rotatable bonds is 6. The zero-order valence-electron chi connectivity index (χ0n) is 14.2. The van der Waals surface area contributed by atoms with E-state index in [1.807, 2.05) is 67.6 Å². The van der Waals surface area contributed by atoms with Gasteiger partial charge in [0, 0.05) is 18.0 Å². The van der Waals surface area contributed by atoms with Crippen LogP contribution in [0.2, 0.25) is 0 Å². The smallest absolute Gasteiger partial charge is 0.119 e. The van der Waals surface area contributed by atoms with E-state index in [2.05, 4.69) is 10.2 Å². The predicted octanol–water partition coefficient (Wildman–Crippen LogP) is 4.61. The molecule has 0 radical (unpaired) electrons. The van der Waals surface area contributed by atoms with Gasteiger partial charge in [0.1, 0.15) is 5.75 Å². The van der Waals surface area contributed by atoms with Crippen molar-refractivity contribution in [1.29, 1.82) is 0 Å².